The lowest BCUT2D eigenvalue weighted by Crippen LogP contribution is -2.55. The Morgan fingerprint density at radius 1 is 0.833 bits per heavy atom. The van der Waals surface area contributed by atoms with Gasteiger partial charge in [0.25, 0.3) is 0 Å². The number of para-hydroxylation sites is 1. The van der Waals surface area contributed by atoms with Gasteiger partial charge in [-0.05, 0) is 76.1 Å². The number of hydrogen-bond donors (Lipinski definition) is 2. The standard InChI is InChI=1S/C31H44N6O4.CH4/c38-28(35-16-12-25(13-17-35)37-21-23-6-2-3-7-26(23)33-31(37)41)20-27(32-29(39)22-8-9-22)30(40)36-18-10-24(11-19-36)34-14-4-1-5-15-34;/h2-3,6-7,22,24-25,27H,1,4-5,8-21H2,(H,32,39)(H,33,41);1H4/t27-;/m0./s1. The van der Waals surface area contributed by atoms with Crippen LogP contribution in [0.3, 0.4) is 0 Å². The largest absolute Gasteiger partial charge is 0.344 e. The monoisotopic (exact) mass is 580 g/mol. The first-order chi connectivity index (χ1) is 20.0. The lowest BCUT2D eigenvalue weighted by Gasteiger charge is -2.41. The zero-order chi connectivity index (χ0) is 28.3. The minimum Gasteiger partial charge on any atom is -0.344 e. The van der Waals surface area contributed by atoms with Crippen molar-refractivity contribution >= 4 is 29.4 Å². The van der Waals surface area contributed by atoms with Crippen molar-refractivity contribution in [2.45, 2.75) is 96.3 Å². The Morgan fingerprint density at radius 2 is 1.48 bits per heavy atom. The average molecular weight is 581 g/mol. The number of fused-ring (bicyclic) bond motifs is 1. The molecule has 4 aliphatic heterocycles. The van der Waals surface area contributed by atoms with Gasteiger partial charge < -0.3 is 30.2 Å². The van der Waals surface area contributed by atoms with E-state index in [1.165, 1.54) is 19.3 Å². The highest BCUT2D eigenvalue weighted by Gasteiger charge is 2.38. The minimum absolute atomic E-state index is 0. The van der Waals surface area contributed by atoms with Gasteiger partial charge in [0.05, 0.1) is 6.42 Å². The molecule has 2 N–H and O–H groups in total. The van der Waals surface area contributed by atoms with Crippen molar-refractivity contribution in [2.75, 3.05) is 44.6 Å². The van der Waals surface area contributed by atoms with Gasteiger partial charge in [-0.25, -0.2) is 4.79 Å². The zero-order valence-corrected chi connectivity index (χ0v) is 24.1. The van der Waals surface area contributed by atoms with Crippen molar-refractivity contribution in [2.24, 2.45) is 5.92 Å². The quantitative estimate of drug-likeness (QED) is 0.514. The summed E-state index contributed by atoms with van der Waals surface area (Å²) in [5.41, 5.74) is 1.96. The molecule has 5 aliphatic rings. The number of nitrogens with one attached hydrogen (secondary N) is 2. The van der Waals surface area contributed by atoms with Crippen LogP contribution in [-0.2, 0) is 20.9 Å². The Kier molecular flexibility index (Phi) is 9.70. The Balaban J connectivity index is 0.00000353. The number of amides is 5. The number of likely N-dealkylation sites (tertiary alicyclic amines) is 3. The van der Waals surface area contributed by atoms with Gasteiger partial charge >= 0.3 is 6.03 Å². The number of anilines is 1. The predicted molar refractivity (Wildman–Crippen MR) is 162 cm³/mol. The van der Waals surface area contributed by atoms with E-state index in [0.717, 1.165) is 50.0 Å². The number of hydrogen-bond acceptors (Lipinski definition) is 5. The van der Waals surface area contributed by atoms with Crippen LogP contribution in [0.4, 0.5) is 10.5 Å². The maximum Gasteiger partial charge on any atom is 0.322 e. The first-order valence-electron chi connectivity index (χ1n) is 15.7. The molecule has 4 heterocycles. The number of carbonyl (C=O) groups is 4. The summed E-state index contributed by atoms with van der Waals surface area (Å²) in [5, 5.41) is 5.93. The maximum absolute atomic E-state index is 13.6. The molecule has 0 spiro atoms. The summed E-state index contributed by atoms with van der Waals surface area (Å²) in [5.74, 6) is -0.353. The third-order valence-corrected chi connectivity index (χ3v) is 9.74. The van der Waals surface area contributed by atoms with Crippen LogP contribution in [0, 0.1) is 5.92 Å². The van der Waals surface area contributed by atoms with Crippen LogP contribution in [-0.4, -0.2) is 101 Å². The van der Waals surface area contributed by atoms with Gasteiger partial charge in [-0.15, -0.1) is 0 Å². The molecule has 42 heavy (non-hydrogen) atoms. The molecule has 1 aromatic rings. The summed E-state index contributed by atoms with van der Waals surface area (Å²) in [4.78, 5) is 60.7. The molecule has 1 aromatic carbocycles. The van der Waals surface area contributed by atoms with Gasteiger partial charge in [0.1, 0.15) is 6.04 Å². The number of nitrogens with zero attached hydrogens (tertiary/aromatic N) is 4. The van der Waals surface area contributed by atoms with E-state index >= 15 is 0 Å². The van der Waals surface area contributed by atoms with E-state index < -0.39 is 6.04 Å². The molecule has 1 atom stereocenters. The first-order valence-corrected chi connectivity index (χ1v) is 15.7. The number of piperidine rings is 3. The van der Waals surface area contributed by atoms with E-state index in [0.29, 0.717) is 51.6 Å². The minimum atomic E-state index is -0.816. The SMILES string of the molecule is C.O=C(N[C@@H](CC(=O)N1CCC(N2Cc3ccccc3NC2=O)CC1)C(=O)N1CCC(N2CCCCC2)CC1)C1CC1. The molecule has 10 nitrogen and oxygen atoms in total. The van der Waals surface area contributed by atoms with Gasteiger partial charge in [-0.1, -0.05) is 32.0 Å². The fraction of sp³-hybridized carbons (Fsp3) is 0.688. The normalized spacial score (nSPS) is 23.0. The van der Waals surface area contributed by atoms with Crippen molar-refractivity contribution in [3.05, 3.63) is 29.8 Å². The molecule has 0 radical (unpaired) electrons. The Morgan fingerprint density at radius 3 is 2.17 bits per heavy atom. The van der Waals surface area contributed by atoms with Crippen molar-refractivity contribution in [3.8, 4) is 0 Å². The molecule has 5 amide bonds. The maximum atomic E-state index is 13.6. The number of rotatable bonds is 7. The van der Waals surface area contributed by atoms with E-state index in [1.807, 2.05) is 34.1 Å². The molecule has 10 heteroatoms. The van der Waals surface area contributed by atoms with Gasteiger partial charge in [0.15, 0.2) is 0 Å². The number of carbonyl (C=O) groups excluding carboxylic acids is 4. The molecule has 0 aromatic heterocycles. The van der Waals surface area contributed by atoms with Crippen LogP contribution < -0.4 is 10.6 Å². The number of benzene rings is 1. The Labute approximate surface area is 250 Å². The molecule has 3 saturated heterocycles. The fourth-order valence-corrected chi connectivity index (χ4v) is 7.04. The summed E-state index contributed by atoms with van der Waals surface area (Å²) in [6.45, 7) is 5.30. The topological polar surface area (TPSA) is 105 Å². The molecule has 1 aliphatic carbocycles. The molecule has 0 bridgehead atoms. The van der Waals surface area contributed by atoms with Gasteiger partial charge in [0.2, 0.25) is 17.7 Å². The van der Waals surface area contributed by atoms with Crippen molar-refractivity contribution < 1.29 is 19.2 Å². The highest BCUT2D eigenvalue weighted by atomic mass is 16.2. The molecule has 0 unspecified atom stereocenters. The van der Waals surface area contributed by atoms with Crippen LogP contribution in [0.1, 0.15) is 77.2 Å². The molecule has 230 valence electrons. The molecular weight excluding hydrogens is 532 g/mol. The van der Waals surface area contributed by atoms with Gasteiger partial charge in [-0.2, -0.15) is 0 Å². The molecule has 6 rings (SSSR count). The summed E-state index contributed by atoms with van der Waals surface area (Å²) < 4.78 is 0. The van der Waals surface area contributed by atoms with Gasteiger partial charge in [-0.3, -0.25) is 14.4 Å². The van der Waals surface area contributed by atoms with E-state index in [-0.39, 0.29) is 49.6 Å². The molecule has 4 fully saturated rings. The third kappa shape index (κ3) is 6.90. The van der Waals surface area contributed by atoms with E-state index in [4.69, 9.17) is 0 Å². The first kappa shape index (κ1) is 30.3. The lowest BCUT2D eigenvalue weighted by molar-refractivity contribution is -0.142. The Hall–Kier alpha value is -3.14. The Bertz CT molecular complexity index is 1130. The van der Waals surface area contributed by atoms with Gasteiger partial charge in [0, 0.05) is 56.4 Å². The summed E-state index contributed by atoms with van der Waals surface area (Å²) in [7, 11) is 0. The second-order valence-electron chi connectivity index (χ2n) is 12.5. The summed E-state index contributed by atoms with van der Waals surface area (Å²) in [6.07, 6.45) is 8.80. The number of urea groups is 1. The highest BCUT2D eigenvalue weighted by Crippen LogP contribution is 2.30. The molecule has 1 saturated carbocycles. The highest BCUT2D eigenvalue weighted by molar-refractivity contribution is 5.94. The van der Waals surface area contributed by atoms with E-state index in [1.54, 1.807) is 4.90 Å². The predicted octanol–water partition coefficient (Wildman–Crippen LogP) is 3.42. The van der Waals surface area contributed by atoms with Crippen LogP contribution in [0.2, 0.25) is 0 Å². The van der Waals surface area contributed by atoms with Crippen molar-refractivity contribution in [3.63, 3.8) is 0 Å². The van der Waals surface area contributed by atoms with E-state index in [9.17, 15) is 19.2 Å². The molecular formula is C32H48N6O4. The van der Waals surface area contributed by atoms with Crippen LogP contribution in [0.5, 0.6) is 0 Å². The van der Waals surface area contributed by atoms with Crippen molar-refractivity contribution in [1.82, 2.24) is 24.9 Å². The van der Waals surface area contributed by atoms with Crippen LogP contribution in [0.15, 0.2) is 24.3 Å². The van der Waals surface area contributed by atoms with Crippen LogP contribution >= 0.6 is 0 Å². The third-order valence-electron chi connectivity index (χ3n) is 9.74. The second-order valence-corrected chi connectivity index (χ2v) is 12.5. The lowest BCUT2D eigenvalue weighted by atomic mass is 9.98. The summed E-state index contributed by atoms with van der Waals surface area (Å²) >= 11 is 0. The van der Waals surface area contributed by atoms with Crippen LogP contribution in [0.25, 0.3) is 0 Å². The fourth-order valence-electron chi connectivity index (χ4n) is 7.04. The zero-order valence-electron chi connectivity index (χ0n) is 24.1. The second kappa shape index (κ2) is 13.4. The summed E-state index contributed by atoms with van der Waals surface area (Å²) in [6, 6.07) is 7.52. The smallest absolute Gasteiger partial charge is 0.322 e. The average Bonchev–Trinajstić information content (AvgIpc) is 3.87. The van der Waals surface area contributed by atoms with E-state index in [2.05, 4.69) is 15.5 Å². The van der Waals surface area contributed by atoms with Crippen molar-refractivity contribution in [1.29, 1.82) is 0 Å².